The van der Waals surface area contributed by atoms with Crippen molar-refractivity contribution < 1.29 is 19.5 Å². The van der Waals surface area contributed by atoms with Gasteiger partial charge in [-0.3, -0.25) is 9.59 Å². The Labute approximate surface area is 158 Å². The van der Waals surface area contributed by atoms with E-state index in [0.29, 0.717) is 5.56 Å². The number of aliphatic carboxylic acids is 1. The summed E-state index contributed by atoms with van der Waals surface area (Å²) in [7, 11) is 0. The van der Waals surface area contributed by atoms with E-state index in [1.807, 2.05) is 36.4 Å². The minimum Gasteiger partial charge on any atom is -0.480 e. The van der Waals surface area contributed by atoms with Crippen LogP contribution in [0.2, 0.25) is 0 Å². The first-order valence-corrected chi connectivity index (χ1v) is 8.81. The van der Waals surface area contributed by atoms with Gasteiger partial charge >= 0.3 is 5.97 Å². The second kappa shape index (κ2) is 9.52. The first-order chi connectivity index (χ1) is 12.9. The van der Waals surface area contributed by atoms with E-state index in [4.69, 9.17) is 0 Å². The van der Waals surface area contributed by atoms with E-state index in [-0.39, 0.29) is 18.2 Å². The summed E-state index contributed by atoms with van der Waals surface area (Å²) < 4.78 is 0. The Bertz CT molecular complexity index is 775. The van der Waals surface area contributed by atoms with Gasteiger partial charge in [-0.15, -0.1) is 0 Å². The Morgan fingerprint density at radius 3 is 1.96 bits per heavy atom. The average Bonchev–Trinajstić information content (AvgIpc) is 2.66. The largest absolute Gasteiger partial charge is 0.480 e. The molecule has 6 nitrogen and oxygen atoms in total. The first-order valence-electron chi connectivity index (χ1n) is 8.81. The molecule has 142 valence electrons. The molecule has 2 aromatic carbocycles. The van der Waals surface area contributed by atoms with E-state index in [1.165, 1.54) is 0 Å². The van der Waals surface area contributed by atoms with Gasteiger partial charge in [-0.05, 0) is 23.6 Å². The minimum atomic E-state index is -1.08. The molecule has 3 N–H and O–H groups in total. The Hall–Kier alpha value is -3.15. The van der Waals surface area contributed by atoms with Crippen molar-refractivity contribution in [1.82, 2.24) is 10.6 Å². The summed E-state index contributed by atoms with van der Waals surface area (Å²) in [5, 5.41) is 14.7. The fourth-order valence-corrected chi connectivity index (χ4v) is 2.70. The molecule has 0 heterocycles. The second-order valence-corrected chi connectivity index (χ2v) is 6.63. The fraction of sp³-hybridized carbons (Fsp3) is 0.286. The van der Waals surface area contributed by atoms with Crippen molar-refractivity contribution >= 4 is 17.8 Å². The molecule has 6 heteroatoms. The Morgan fingerprint density at radius 2 is 1.44 bits per heavy atom. The quantitative estimate of drug-likeness (QED) is 0.668. The Morgan fingerprint density at radius 1 is 0.889 bits per heavy atom. The third kappa shape index (κ3) is 5.95. The fourth-order valence-electron chi connectivity index (χ4n) is 2.70. The summed E-state index contributed by atoms with van der Waals surface area (Å²) in [6.07, 6.45) is -0.0565. The van der Waals surface area contributed by atoms with Gasteiger partial charge in [0.1, 0.15) is 6.04 Å². The summed E-state index contributed by atoms with van der Waals surface area (Å²) in [6.45, 7) is 3.45. The van der Waals surface area contributed by atoms with Crippen LogP contribution in [0, 0.1) is 5.92 Å². The molecule has 2 atom stereocenters. The summed E-state index contributed by atoms with van der Waals surface area (Å²) in [5.41, 5.74) is 1.26. The van der Waals surface area contributed by atoms with Crippen LogP contribution in [0.5, 0.6) is 0 Å². The summed E-state index contributed by atoms with van der Waals surface area (Å²) in [5.74, 6) is -2.06. The third-order valence-corrected chi connectivity index (χ3v) is 4.18. The average molecular weight is 368 g/mol. The summed E-state index contributed by atoms with van der Waals surface area (Å²) >= 11 is 0. The zero-order chi connectivity index (χ0) is 19.8. The van der Waals surface area contributed by atoms with Crippen LogP contribution in [0.4, 0.5) is 0 Å². The number of hydrogen-bond acceptors (Lipinski definition) is 3. The monoisotopic (exact) mass is 368 g/mol. The van der Waals surface area contributed by atoms with Crippen LogP contribution in [-0.4, -0.2) is 28.9 Å². The van der Waals surface area contributed by atoms with Crippen molar-refractivity contribution in [2.75, 3.05) is 0 Å². The van der Waals surface area contributed by atoms with Crippen molar-refractivity contribution in [1.29, 1.82) is 0 Å². The molecule has 0 aliphatic heterocycles. The molecule has 2 unspecified atom stereocenters. The molecular weight excluding hydrogens is 344 g/mol. The van der Waals surface area contributed by atoms with Crippen LogP contribution in [0.15, 0.2) is 60.7 Å². The van der Waals surface area contributed by atoms with E-state index in [0.717, 1.165) is 5.56 Å². The molecule has 0 radical (unpaired) electrons. The minimum absolute atomic E-state index is 0.0565. The predicted octanol–water partition coefficient (Wildman–Crippen LogP) is 2.77. The number of carbonyl (C=O) groups excluding carboxylic acids is 2. The van der Waals surface area contributed by atoms with E-state index >= 15 is 0 Å². The highest BCUT2D eigenvalue weighted by atomic mass is 16.4. The van der Waals surface area contributed by atoms with E-state index < -0.39 is 24.0 Å². The van der Waals surface area contributed by atoms with Crippen LogP contribution in [0.25, 0.3) is 0 Å². The normalized spacial score (nSPS) is 12.9. The maximum absolute atomic E-state index is 12.5. The van der Waals surface area contributed by atoms with E-state index in [9.17, 15) is 19.5 Å². The van der Waals surface area contributed by atoms with Crippen LogP contribution in [0.1, 0.15) is 42.2 Å². The highest BCUT2D eigenvalue weighted by molar-refractivity contribution is 5.94. The Balaban J connectivity index is 2.15. The molecule has 0 aliphatic carbocycles. The molecular formula is C21H24N2O4. The van der Waals surface area contributed by atoms with Gasteiger partial charge in [-0.25, -0.2) is 4.79 Å². The van der Waals surface area contributed by atoms with E-state index in [2.05, 4.69) is 10.6 Å². The lowest BCUT2D eigenvalue weighted by atomic mass is 10.0. The van der Waals surface area contributed by atoms with Crippen molar-refractivity contribution in [3.63, 3.8) is 0 Å². The molecule has 2 amide bonds. The van der Waals surface area contributed by atoms with Crippen molar-refractivity contribution in [3.8, 4) is 0 Å². The molecule has 0 bridgehead atoms. The number of carboxylic acid groups (broad SMARTS) is 1. The number of amides is 2. The van der Waals surface area contributed by atoms with Gasteiger partial charge in [0.2, 0.25) is 5.91 Å². The van der Waals surface area contributed by atoms with Gasteiger partial charge in [-0.1, -0.05) is 62.4 Å². The van der Waals surface area contributed by atoms with Gasteiger partial charge in [0.15, 0.2) is 0 Å². The van der Waals surface area contributed by atoms with Crippen LogP contribution >= 0.6 is 0 Å². The Kier molecular flexibility index (Phi) is 7.11. The van der Waals surface area contributed by atoms with Crippen LogP contribution < -0.4 is 10.6 Å². The molecule has 0 saturated heterocycles. The second-order valence-electron chi connectivity index (χ2n) is 6.63. The molecule has 0 saturated carbocycles. The standard InChI is InChI=1S/C21H24N2O4/c1-14(2)19(21(26)27)23-18(24)13-17(15-9-5-3-6-10-15)22-20(25)16-11-7-4-8-12-16/h3-12,14,17,19H,13H2,1-2H3,(H,22,25)(H,23,24)(H,26,27). The molecule has 27 heavy (non-hydrogen) atoms. The van der Waals surface area contributed by atoms with Crippen molar-refractivity contribution in [2.45, 2.75) is 32.4 Å². The zero-order valence-electron chi connectivity index (χ0n) is 15.4. The smallest absolute Gasteiger partial charge is 0.326 e. The lowest BCUT2D eigenvalue weighted by Crippen LogP contribution is -2.45. The van der Waals surface area contributed by atoms with Gasteiger partial charge in [-0.2, -0.15) is 0 Å². The number of hydrogen-bond donors (Lipinski definition) is 3. The molecule has 0 aliphatic rings. The summed E-state index contributed by atoms with van der Waals surface area (Å²) in [6, 6.07) is 16.3. The topological polar surface area (TPSA) is 95.5 Å². The maximum Gasteiger partial charge on any atom is 0.326 e. The number of rotatable bonds is 8. The number of carboxylic acids is 1. The van der Waals surface area contributed by atoms with Gasteiger partial charge in [0, 0.05) is 5.56 Å². The van der Waals surface area contributed by atoms with Gasteiger partial charge in [0.05, 0.1) is 12.5 Å². The molecule has 2 aromatic rings. The SMILES string of the molecule is CC(C)C(NC(=O)CC(NC(=O)c1ccccc1)c1ccccc1)C(=O)O. The lowest BCUT2D eigenvalue weighted by molar-refractivity contribution is -0.143. The van der Waals surface area contributed by atoms with Crippen LogP contribution in [0.3, 0.4) is 0 Å². The number of benzene rings is 2. The molecule has 0 aromatic heterocycles. The highest BCUT2D eigenvalue weighted by Crippen LogP contribution is 2.18. The molecule has 0 spiro atoms. The van der Waals surface area contributed by atoms with E-state index in [1.54, 1.807) is 38.1 Å². The lowest BCUT2D eigenvalue weighted by Gasteiger charge is -2.22. The highest BCUT2D eigenvalue weighted by Gasteiger charge is 2.26. The van der Waals surface area contributed by atoms with Gasteiger partial charge in [0.25, 0.3) is 5.91 Å². The maximum atomic E-state index is 12.5. The predicted molar refractivity (Wildman–Crippen MR) is 102 cm³/mol. The number of nitrogens with one attached hydrogen (secondary N) is 2. The zero-order valence-corrected chi connectivity index (χ0v) is 15.4. The van der Waals surface area contributed by atoms with Crippen molar-refractivity contribution in [3.05, 3.63) is 71.8 Å². The first kappa shape index (κ1) is 20.2. The number of carbonyl (C=O) groups is 3. The van der Waals surface area contributed by atoms with Gasteiger partial charge < -0.3 is 15.7 Å². The summed E-state index contributed by atoms with van der Waals surface area (Å²) in [4.78, 5) is 36.3. The third-order valence-electron chi connectivity index (χ3n) is 4.18. The molecule has 2 rings (SSSR count). The molecule has 0 fully saturated rings. The van der Waals surface area contributed by atoms with Crippen LogP contribution in [-0.2, 0) is 9.59 Å². The van der Waals surface area contributed by atoms with Crippen molar-refractivity contribution in [2.24, 2.45) is 5.92 Å².